The molecule has 0 radical (unpaired) electrons. The van der Waals surface area contributed by atoms with Crippen LogP contribution in [0.15, 0.2) is 78.9 Å². The highest BCUT2D eigenvalue weighted by molar-refractivity contribution is 6.20. The van der Waals surface area contributed by atoms with Gasteiger partial charge in [-0.25, -0.2) is 4.79 Å². The van der Waals surface area contributed by atoms with Gasteiger partial charge in [0, 0.05) is 12.0 Å². The molecule has 0 atom stereocenters. The van der Waals surface area contributed by atoms with Crippen LogP contribution in [0.4, 0.5) is 0 Å². The Kier molecular flexibility index (Phi) is 6.47. The lowest BCUT2D eigenvalue weighted by molar-refractivity contribution is -0.130. The molecule has 0 aromatic heterocycles. The molecule has 3 aromatic carbocycles. The number of ether oxygens (including phenoxy) is 2. The first-order valence-electron chi connectivity index (χ1n) is 9.03. The molecule has 3 aromatic rings. The Morgan fingerprint density at radius 2 is 1.61 bits per heavy atom. The van der Waals surface area contributed by atoms with Crippen molar-refractivity contribution in [2.45, 2.75) is 6.42 Å². The quantitative estimate of drug-likeness (QED) is 0.448. The van der Waals surface area contributed by atoms with Gasteiger partial charge in [0.1, 0.15) is 0 Å². The second-order valence-electron chi connectivity index (χ2n) is 6.19. The van der Waals surface area contributed by atoms with Crippen molar-refractivity contribution in [1.82, 2.24) is 0 Å². The van der Waals surface area contributed by atoms with Gasteiger partial charge in [0.05, 0.1) is 19.3 Å². The van der Waals surface area contributed by atoms with Crippen LogP contribution < -0.4 is 9.47 Å². The number of methoxy groups -OCH3 is 1. The molecule has 28 heavy (non-hydrogen) atoms. The van der Waals surface area contributed by atoms with Crippen molar-refractivity contribution in [1.29, 1.82) is 0 Å². The molecule has 0 fully saturated rings. The van der Waals surface area contributed by atoms with Crippen LogP contribution in [-0.2, 0) is 11.2 Å². The van der Waals surface area contributed by atoms with Crippen molar-refractivity contribution in [3.05, 3.63) is 95.6 Å². The second-order valence-corrected chi connectivity index (χ2v) is 6.19. The molecule has 4 nitrogen and oxygen atoms in total. The number of aliphatic carboxylic acids is 1. The van der Waals surface area contributed by atoms with Crippen LogP contribution >= 0.6 is 0 Å². The zero-order valence-electron chi connectivity index (χ0n) is 15.7. The molecule has 0 saturated heterocycles. The molecule has 142 valence electrons. The first-order chi connectivity index (χ1) is 13.7. The summed E-state index contributed by atoms with van der Waals surface area (Å²) in [4.78, 5) is 11.8. The van der Waals surface area contributed by atoms with Crippen LogP contribution in [0.5, 0.6) is 11.5 Å². The molecule has 0 aliphatic heterocycles. The summed E-state index contributed by atoms with van der Waals surface area (Å²) >= 11 is 0. The summed E-state index contributed by atoms with van der Waals surface area (Å²) in [5, 5.41) is 9.69. The van der Waals surface area contributed by atoms with E-state index in [1.165, 1.54) is 5.56 Å². The van der Waals surface area contributed by atoms with Gasteiger partial charge in [0.25, 0.3) is 0 Å². The lowest BCUT2D eigenvalue weighted by atomic mass is 10.0. The van der Waals surface area contributed by atoms with Crippen molar-refractivity contribution in [2.75, 3.05) is 13.7 Å². The summed E-state index contributed by atoms with van der Waals surface area (Å²) in [6.07, 6.45) is 2.37. The highest BCUT2D eigenvalue weighted by atomic mass is 16.5. The van der Waals surface area contributed by atoms with Crippen LogP contribution in [-0.4, -0.2) is 24.8 Å². The van der Waals surface area contributed by atoms with Gasteiger partial charge in [-0.2, -0.15) is 0 Å². The highest BCUT2D eigenvalue weighted by Crippen LogP contribution is 2.34. The topological polar surface area (TPSA) is 55.8 Å². The van der Waals surface area contributed by atoms with Crippen LogP contribution in [0.1, 0.15) is 16.7 Å². The van der Waals surface area contributed by atoms with E-state index in [9.17, 15) is 9.90 Å². The number of carboxylic acid groups (broad SMARTS) is 1. The fraction of sp³-hybridized carbons (Fsp3) is 0.125. The average molecular weight is 374 g/mol. The molecule has 1 N–H and O–H groups in total. The number of hydrogen-bond acceptors (Lipinski definition) is 3. The molecule has 0 amide bonds. The molecule has 0 unspecified atom stereocenters. The van der Waals surface area contributed by atoms with E-state index in [0.29, 0.717) is 29.2 Å². The van der Waals surface area contributed by atoms with Crippen molar-refractivity contribution >= 4 is 17.6 Å². The van der Waals surface area contributed by atoms with Crippen LogP contribution in [0.2, 0.25) is 0 Å². The first-order valence-corrected chi connectivity index (χ1v) is 9.03. The third-order valence-corrected chi connectivity index (χ3v) is 4.32. The average Bonchev–Trinajstić information content (AvgIpc) is 2.73. The summed E-state index contributed by atoms with van der Waals surface area (Å²) in [5.41, 5.74) is 2.66. The zero-order chi connectivity index (χ0) is 19.8. The summed E-state index contributed by atoms with van der Waals surface area (Å²) in [6.45, 7) is 0.457. The number of rotatable bonds is 8. The molecule has 0 spiro atoms. The fourth-order valence-electron chi connectivity index (χ4n) is 2.92. The lowest BCUT2D eigenvalue weighted by Crippen LogP contribution is -2.05. The van der Waals surface area contributed by atoms with Crippen LogP contribution in [0.3, 0.4) is 0 Å². The Labute approximate surface area is 164 Å². The Morgan fingerprint density at radius 1 is 0.929 bits per heavy atom. The number of para-hydroxylation sites is 1. The van der Waals surface area contributed by atoms with Crippen LogP contribution in [0.25, 0.3) is 11.6 Å². The molecular weight excluding hydrogens is 352 g/mol. The maximum atomic E-state index is 11.8. The molecule has 0 heterocycles. The normalized spacial score (nSPS) is 11.1. The van der Waals surface area contributed by atoms with E-state index < -0.39 is 5.97 Å². The molecule has 0 saturated carbocycles. The fourth-order valence-corrected chi connectivity index (χ4v) is 2.92. The minimum Gasteiger partial charge on any atom is -0.493 e. The first kappa shape index (κ1) is 19.2. The SMILES string of the molecule is COc1cccc(/C=C(\C(=O)O)c2ccccc2)c1OCCc1ccccc1. The predicted octanol–water partition coefficient (Wildman–Crippen LogP) is 4.94. The smallest absolute Gasteiger partial charge is 0.336 e. The van der Waals surface area contributed by atoms with Gasteiger partial charge in [0.2, 0.25) is 0 Å². The van der Waals surface area contributed by atoms with E-state index in [0.717, 1.165) is 6.42 Å². The molecule has 0 aliphatic carbocycles. The predicted molar refractivity (Wildman–Crippen MR) is 111 cm³/mol. The molecular formula is C24H22O4. The minimum absolute atomic E-state index is 0.196. The highest BCUT2D eigenvalue weighted by Gasteiger charge is 2.14. The Balaban J connectivity index is 1.91. The zero-order valence-corrected chi connectivity index (χ0v) is 15.7. The van der Waals surface area contributed by atoms with E-state index in [2.05, 4.69) is 0 Å². The number of hydrogen-bond donors (Lipinski definition) is 1. The van der Waals surface area contributed by atoms with Gasteiger partial charge < -0.3 is 14.6 Å². The Bertz CT molecular complexity index is 947. The summed E-state index contributed by atoms with van der Waals surface area (Å²) in [6, 6.07) is 24.5. The number of carboxylic acids is 1. The van der Waals surface area contributed by atoms with Gasteiger partial charge in [-0.05, 0) is 23.3 Å². The molecule has 0 aliphatic rings. The van der Waals surface area contributed by atoms with Crippen molar-refractivity contribution in [3.8, 4) is 11.5 Å². The second kappa shape index (κ2) is 9.42. The lowest BCUT2D eigenvalue weighted by Gasteiger charge is -2.14. The van der Waals surface area contributed by atoms with Crippen LogP contribution in [0, 0.1) is 0 Å². The maximum absolute atomic E-state index is 11.8. The van der Waals surface area contributed by atoms with E-state index in [4.69, 9.17) is 9.47 Å². The van der Waals surface area contributed by atoms with E-state index in [1.54, 1.807) is 31.4 Å². The van der Waals surface area contributed by atoms with Gasteiger partial charge in [0.15, 0.2) is 11.5 Å². The minimum atomic E-state index is -0.996. The van der Waals surface area contributed by atoms with E-state index >= 15 is 0 Å². The van der Waals surface area contributed by atoms with Gasteiger partial charge >= 0.3 is 5.97 Å². The molecule has 3 rings (SSSR count). The van der Waals surface area contributed by atoms with E-state index in [-0.39, 0.29) is 5.57 Å². The van der Waals surface area contributed by atoms with Crippen molar-refractivity contribution in [2.24, 2.45) is 0 Å². The maximum Gasteiger partial charge on any atom is 0.336 e. The van der Waals surface area contributed by atoms with Gasteiger partial charge in [-0.3, -0.25) is 0 Å². The summed E-state index contributed by atoms with van der Waals surface area (Å²) < 4.78 is 11.5. The summed E-state index contributed by atoms with van der Waals surface area (Å²) in [7, 11) is 1.57. The number of benzene rings is 3. The van der Waals surface area contributed by atoms with E-state index in [1.807, 2.05) is 60.7 Å². The van der Waals surface area contributed by atoms with Crippen molar-refractivity contribution in [3.63, 3.8) is 0 Å². The largest absolute Gasteiger partial charge is 0.493 e. The summed E-state index contributed by atoms with van der Waals surface area (Å²) in [5.74, 6) is 0.111. The molecule has 4 heteroatoms. The van der Waals surface area contributed by atoms with Crippen molar-refractivity contribution < 1.29 is 19.4 Å². The molecule has 0 bridgehead atoms. The third-order valence-electron chi connectivity index (χ3n) is 4.32. The standard InChI is InChI=1S/C24H22O4/c1-27-22-14-8-13-20(17-21(24(25)26)19-11-6-3-7-12-19)23(22)28-16-15-18-9-4-2-5-10-18/h2-14,17H,15-16H2,1H3,(H,25,26)/b21-17-. The Morgan fingerprint density at radius 3 is 2.25 bits per heavy atom. The Hall–Kier alpha value is -3.53. The third kappa shape index (κ3) is 4.80. The van der Waals surface area contributed by atoms with Gasteiger partial charge in [-0.15, -0.1) is 0 Å². The monoisotopic (exact) mass is 374 g/mol. The number of carbonyl (C=O) groups is 1. The van der Waals surface area contributed by atoms with Gasteiger partial charge in [-0.1, -0.05) is 72.8 Å².